The van der Waals surface area contributed by atoms with E-state index in [0.29, 0.717) is 5.92 Å². The molecule has 2 heterocycles. The molecular weight excluding hydrogens is 224 g/mol. The highest BCUT2D eigenvalue weighted by Crippen LogP contribution is 2.30. The Morgan fingerprint density at radius 3 is 3.00 bits per heavy atom. The minimum atomic E-state index is 0.0832. The SMILES string of the molecule is CC(C)c1ccc2c(c1)CN1CCCC1C(=O)N2. The summed E-state index contributed by atoms with van der Waals surface area (Å²) in [6.07, 6.45) is 2.13. The number of carbonyl (C=O) groups excluding carboxylic acids is 1. The lowest BCUT2D eigenvalue weighted by Gasteiger charge is -2.19. The van der Waals surface area contributed by atoms with E-state index in [-0.39, 0.29) is 11.9 Å². The number of amides is 1. The summed E-state index contributed by atoms with van der Waals surface area (Å²) >= 11 is 0. The first-order chi connectivity index (χ1) is 8.65. The fourth-order valence-electron chi connectivity index (χ4n) is 2.97. The summed E-state index contributed by atoms with van der Waals surface area (Å²) in [4.78, 5) is 14.4. The smallest absolute Gasteiger partial charge is 0.241 e. The number of hydrogen-bond acceptors (Lipinski definition) is 2. The number of fused-ring (bicyclic) bond motifs is 2. The highest BCUT2D eigenvalue weighted by Gasteiger charge is 2.33. The molecule has 0 spiro atoms. The summed E-state index contributed by atoms with van der Waals surface area (Å²) in [5.74, 6) is 0.701. The molecule has 3 rings (SSSR count). The van der Waals surface area contributed by atoms with Gasteiger partial charge in [-0.3, -0.25) is 9.69 Å². The molecule has 1 saturated heterocycles. The van der Waals surface area contributed by atoms with Crippen molar-refractivity contribution in [1.82, 2.24) is 4.90 Å². The summed E-state index contributed by atoms with van der Waals surface area (Å²) in [6, 6.07) is 6.52. The maximum Gasteiger partial charge on any atom is 0.241 e. The van der Waals surface area contributed by atoms with Gasteiger partial charge in [-0.1, -0.05) is 26.0 Å². The molecule has 96 valence electrons. The molecule has 3 heteroatoms. The first kappa shape index (κ1) is 11.7. The number of rotatable bonds is 1. The van der Waals surface area contributed by atoms with E-state index in [1.54, 1.807) is 0 Å². The summed E-state index contributed by atoms with van der Waals surface area (Å²) in [5.41, 5.74) is 3.61. The van der Waals surface area contributed by atoms with Crippen molar-refractivity contribution in [2.75, 3.05) is 11.9 Å². The van der Waals surface area contributed by atoms with E-state index in [1.165, 1.54) is 11.1 Å². The number of nitrogens with zero attached hydrogens (tertiary/aromatic N) is 1. The topological polar surface area (TPSA) is 32.3 Å². The Morgan fingerprint density at radius 1 is 1.39 bits per heavy atom. The second kappa shape index (κ2) is 4.39. The number of hydrogen-bond donors (Lipinski definition) is 1. The summed E-state index contributed by atoms with van der Waals surface area (Å²) in [6.45, 7) is 6.36. The van der Waals surface area contributed by atoms with E-state index in [4.69, 9.17) is 0 Å². The molecule has 2 aliphatic rings. The second-order valence-electron chi connectivity index (χ2n) is 5.69. The Kier molecular flexibility index (Phi) is 2.86. The molecule has 1 unspecified atom stereocenters. The quantitative estimate of drug-likeness (QED) is 0.824. The average molecular weight is 244 g/mol. The molecule has 0 bridgehead atoms. The zero-order chi connectivity index (χ0) is 12.7. The van der Waals surface area contributed by atoms with Gasteiger partial charge in [-0.05, 0) is 42.5 Å². The van der Waals surface area contributed by atoms with Crippen LogP contribution in [0.4, 0.5) is 5.69 Å². The van der Waals surface area contributed by atoms with Gasteiger partial charge in [0.25, 0.3) is 0 Å². The van der Waals surface area contributed by atoms with Crippen LogP contribution in [0.1, 0.15) is 43.7 Å². The number of nitrogens with one attached hydrogen (secondary N) is 1. The summed E-state index contributed by atoms with van der Waals surface area (Å²) < 4.78 is 0. The largest absolute Gasteiger partial charge is 0.324 e. The van der Waals surface area contributed by atoms with Crippen molar-refractivity contribution in [2.45, 2.75) is 45.2 Å². The van der Waals surface area contributed by atoms with Crippen molar-refractivity contribution in [3.8, 4) is 0 Å². The Hall–Kier alpha value is -1.35. The van der Waals surface area contributed by atoms with Gasteiger partial charge in [0, 0.05) is 12.2 Å². The van der Waals surface area contributed by atoms with Crippen molar-refractivity contribution >= 4 is 11.6 Å². The maximum atomic E-state index is 12.1. The van der Waals surface area contributed by atoms with Gasteiger partial charge in [0.1, 0.15) is 0 Å². The predicted octanol–water partition coefficient (Wildman–Crippen LogP) is 2.73. The highest BCUT2D eigenvalue weighted by molar-refractivity contribution is 5.96. The molecule has 2 aliphatic heterocycles. The summed E-state index contributed by atoms with van der Waals surface area (Å²) in [5, 5.41) is 3.08. The standard InChI is InChI=1S/C15H20N2O/c1-10(2)11-5-6-13-12(8-11)9-17-7-3-4-14(17)15(18)16-13/h5-6,8,10,14H,3-4,7,9H2,1-2H3,(H,16,18). The van der Waals surface area contributed by atoms with Crippen molar-refractivity contribution in [3.63, 3.8) is 0 Å². The number of anilines is 1. The first-order valence-electron chi connectivity index (χ1n) is 6.83. The van der Waals surface area contributed by atoms with E-state index >= 15 is 0 Å². The van der Waals surface area contributed by atoms with Crippen LogP contribution in [-0.4, -0.2) is 23.4 Å². The number of carbonyl (C=O) groups is 1. The third-order valence-electron chi connectivity index (χ3n) is 4.09. The molecule has 1 aromatic rings. The average Bonchev–Trinajstić information content (AvgIpc) is 2.74. The minimum Gasteiger partial charge on any atom is -0.324 e. The van der Waals surface area contributed by atoms with Gasteiger partial charge in [0.2, 0.25) is 5.91 Å². The first-order valence-corrected chi connectivity index (χ1v) is 6.83. The van der Waals surface area contributed by atoms with Crippen LogP contribution in [0.25, 0.3) is 0 Å². The van der Waals surface area contributed by atoms with Crippen LogP contribution in [0.5, 0.6) is 0 Å². The molecule has 3 nitrogen and oxygen atoms in total. The van der Waals surface area contributed by atoms with E-state index in [9.17, 15) is 4.79 Å². The second-order valence-corrected chi connectivity index (χ2v) is 5.69. The Balaban J connectivity index is 1.98. The fourth-order valence-corrected chi connectivity index (χ4v) is 2.97. The Morgan fingerprint density at radius 2 is 2.22 bits per heavy atom. The monoisotopic (exact) mass is 244 g/mol. The van der Waals surface area contributed by atoms with Gasteiger partial charge in [-0.25, -0.2) is 0 Å². The van der Waals surface area contributed by atoms with Gasteiger partial charge in [-0.2, -0.15) is 0 Å². The Labute approximate surface area is 108 Å². The summed E-state index contributed by atoms with van der Waals surface area (Å²) in [7, 11) is 0. The van der Waals surface area contributed by atoms with Gasteiger partial charge < -0.3 is 5.32 Å². The molecule has 1 aromatic carbocycles. The lowest BCUT2D eigenvalue weighted by Crippen LogP contribution is -2.36. The van der Waals surface area contributed by atoms with Gasteiger partial charge in [-0.15, -0.1) is 0 Å². The van der Waals surface area contributed by atoms with Gasteiger partial charge in [0.15, 0.2) is 0 Å². The fraction of sp³-hybridized carbons (Fsp3) is 0.533. The van der Waals surface area contributed by atoms with Crippen molar-refractivity contribution in [2.24, 2.45) is 0 Å². The zero-order valence-corrected chi connectivity index (χ0v) is 11.1. The maximum absolute atomic E-state index is 12.1. The third kappa shape index (κ3) is 1.93. The lowest BCUT2D eigenvalue weighted by atomic mass is 9.99. The normalized spacial score (nSPS) is 23.5. The van der Waals surface area contributed by atoms with Crippen molar-refractivity contribution < 1.29 is 4.79 Å². The highest BCUT2D eigenvalue weighted by atomic mass is 16.2. The molecule has 0 radical (unpaired) electrons. The predicted molar refractivity (Wildman–Crippen MR) is 72.6 cm³/mol. The van der Waals surface area contributed by atoms with E-state index in [0.717, 1.165) is 31.6 Å². The molecule has 1 amide bonds. The van der Waals surface area contributed by atoms with E-state index < -0.39 is 0 Å². The molecule has 1 atom stereocenters. The minimum absolute atomic E-state index is 0.0832. The van der Waals surface area contributed by atoms with E-state index in [2.05, 4.69) is 42.3 Å². The number of benzene rings is 1. The molecule has 1 fully saturated rings. The zero-order valence-electron chi connectivity index (χ0n) is 11.1. The molecular formula is C15H20N2O. The van der Waals surface area contributed by atoms with Crippen molar-refractivity contribution in [1.29, 1.82) is 0 Å². The van der Waals surface area contributed by atoms with Gasteiger partial charge >= 0.3 is 0 Å². The van der Waals surface area contributed by atoms with E-state index in [1.807, 2.05) is 0 Å². The van der Waals surface area contributed by atoms with Crippen LogP contribution in [0.2, 0.25) is 0 Å². The van der Waals surface area contributed by atoms with Gasteiger partial charge in [0.05, 0.1) is 6.04 Å². The van der Waals surface area contributed by atoms with Crippen LogP contribution < -0.4 is 5.32 Å². The molecule has 0 saturated carbocycles. The van der Waals surface area contributed by atoms with Crippen LogP contribution in [0.15, 0.2) is 18.2 Å². The van der Waals surface area contributed by atoms with Crippen LogP contribution in [0.3, 0.4) is 0 Å². The molecule has 0 aromatic heterocycles. The molecule has 18 heavy (non-hydrogen) atoms. The molecule has 0 aliphatic carbocycles. The third-order valence-corrected chi connectivity index (χ3v) is 4.09. The molecule has 1 N–H and O–H groups in total. The van der Waals surface area contributed by atoms with Crippen LogP contribution in [0, 0.1) is 0 Å². The van der Waals surface area contributed by atoms with Crippen LogP contribution in [-0.2, 0) is 11.3 Å². The lowest BCUT2D eigenvalue weighted by molar-refractivity contribution is -0.120. The van der Waals surface area contributed by atoms with Crippen LogP contribution >= 0.6 is 0 Å². The van der Waals surface area contributed by atoms with Crippen molar-refractivity contribution in [3.05, 3.63) is 29.3 Å². The Bertz CT molecular complexity index is 481.